The van der Waals surface area contributed by atoms with Crippen LogP contribution >= 0.6 is 0 Å². The van der Waals surface area contributed by atoms with Crippen LogP contribution in [0.1, 0.15) is 11.1 Å². The molecule has 0 amide bonds. The molecule has 158 valence electrons. The zero-order chi connectivity index (χ0) is 22.5. The Morgan fingerprint density at radius 3 is 2.48 bits per heavy atom. The average molecular weight is 421 g/mol. The largest absolute Gasteiger partial charge is 0.384 e. The van der Waals surface area contributed by atoms with Crippen LogP contribution in [0, 0.1) is 17.2 Å². The predicted octanol–water partition coefficient (Wildman–Crippen LogP) is 3.50. The summed E-state index contributed by atoms with van der Waals surface area (Å²) in [6, 6.07) is 11.7. The third kappa shape index (κ3) is 4.84. The van der Waals surface area contributed by atoms with Crippen LogP contribution in [-0.4, -0.2) is 15.8 Å². The summed E-state index contributed by atoms with van der Waals surface area (Å²) in [7, 11) is 0. The van der Waals surface area contributed by atoms with Crippen LogP contribution in [0.3, 0.4) is 0 Å². The summed E-state index contributed by atoms with van der Waals surface area (Å²) in [4.78, 5) is 9.07. The number of benzene rings is 1. The van der Waals surface area contributed by atoms with E-state index in [1.807, 2.05) is 24.3 Å². The molecule has 3 rings (SSSR count). The molecule has 1 aromatic carbocycles. The van der Waals surface area contributed by atoms with Crippen molar-refractivity contribution in [3.05, 3.63) is 96.7 Å². The Bertz CT molecular complexity index is 1140. The van der Waals surface area contributed by atoms with Crippen molar-refractivity contribution in [1.82, 2.24) is 15.3 Å². The number of hydrogen-bond donors (Lipinski definition) is 4. The van der Waals surface area contributed by atoms with E-state index in [2.05, 4.69) is 28.4 Å². The molecule has 0 bridgehead atoms. The molecule has 0 aliphatic rings. The second kappa shape index (κ2) is 9.04. The molecule has 2 heterocycles. The zero-order valence-electron chi connectivity index (χ0n) is 16.6. The fraction of sp³-hybridized carbons (Fsp3) is 0.0455. The molecule has 0 unspecified atom stereocenters. The SMILES string of the molecule is C=CN(C(=C)NCc1ccc(-c2cnc(N)c(C(=N)N)c2)cc1)c1ccc(F)c(F)n1. The van der Waals surface area contributed by atoms with E-state index in [0.717, 1.165) is 22.8 Å². The quantitative estimate of drug-likeness (QED) is 0.251. The summed E-state index contributed by atoms with van der Waals surface area (Å²) >= 11 is 0. The van der Waals surface area contributed by atoms with Crippen molar-refractivity contribution in [2.45, 2.75) is 6.54 Å². The van der Waals surface area contributed by atoms with Crippen LogP contribution in [-0.2, 0) is 6.54 Å². The molecule has 0 atom stereocenters. The van der Waals surface area contributed by atoms with E-state index >= 15 is 0 Å². The van der Waals surface area contributed by atoms with Gasteiger partial charge in [-0.05, 0) is 29.3 Å². The number of rotatable bonds is 8. The highest BCUT2D eigenvalue weighted by Crippen LogP contribution is 2.23. The van der Waals surface area contributed by atoms with E-state index in [1.54, 1.807) is 12.3 Å². The molecule has 0 saturated carbocycles. The first-order valence-electron chi connectivity index (χ1n) is 9.16. The van der Waals surface area contributed by atoms with E-state index in [4.69, 9.17) is 16.9 Å². The topological polar surface area (TPSA) is 117 Å². The fourth-order valence-corrected chi connectivity index (χ4v) is 2.84. The molecule has 7 nitrogen and oxygen atoms in total. The number of halogens is 2. The molecular formula is C22H21F2N7. The third-order valence-electron chi connectivity index (χ3n) is 4.50. The molecule has 0 aliphatic heterocycles. The molecule has 31 heavy (non-hydrogen) atoms. The van der Waals surface area contributed by atoms with Gasteiger partial charge in [0.05, 0.1) is 5.56 Å². The van der Waals surface area contributed by atoms with Gasteiger partial charge in [-0.2, -0.15) is 9.37 Å². The van der Waals surface area contributed by atoms with Crippen LogP contribution in [0.5, 0.6) is 0 Å². The minimum absolute atomic E-state index is 0.145. The Morgan fingerprint density at radius 1 is 1.16 bits per heavy atom. The van der Waals surface area contributed by atoms with Crippen LogP contribution in [0.15, 0.2) is 73.8 Å². The van der Waals surface area contributed by atoms with Gasteiger partial charge < -0.3 is 16.8 Å². The van der Waals surface area contributed by atoms with Crippen LogP contribution in [0.2, 0.25) is 0 Å². The van der Waals surface area contributed by atoms with Crippen LogP contribution in [0.25, 0.3) is 11.1 Å². The molecule has 0 fully saturated rings. The number of amidine groups is 1. The van der Waals surface area contributed by atoms with Crippen molar-refractivity contribution in [2.75, 3.05) is 10.6 Å². The number of aromatic nitrogens is 2. The summed E-state index contributed by atoms with van der Waals surface area (Å²) in [5.41, 5.74) is 14.3. The lowest BCUT2D eigenvalue weighted by atomic mass is 10.0. The summed E-state index contributed by atoms with van der Waals surface area (Å²) in [6.45, 7) is 7.99. The highest BCUT2D eigenvalue weighted by molar-refractivity contribution is 6.00. The van der Waals surface area contributed by atoms with Gasteiger partial charge in [-0.25, -0.2) is 9.37 Å². The number of hydrogen-bond acceptors (Lipinski definition) is 6. The number of anilines is 2. The van der Waals surface area contributed by atoms with Crippen molar-refractivity contribution in [1.29, 1.82) is 5.41 Å². The highest BCUT2D eigenvalue weighted by Gasteiger charge is 2.12. The molecule has 0 aliphatic carbocycles. The van der Waals surface area contributed by atoms with Gasteiger partial charge >= 0.3 is 0 Å². The molecule has 2 aromatic heterocycles. The maximum atomic E-state index is 13.4. The number of nitrogen functional groups attached to an aromatic ring is 2. The predicted molar refractivity (Wildman–Crippen MR) is 118 cm³/mol. The Labute approximate surface area is 178 Å². The number of nitrogens with zero attached hydrogens (tertiary/aromatic N) is 3. The van der Waals surface area contributed by atoms with Gasteiger partial charge in [0.15, 0.2) is 5.82 Å². The molecule has 9 heteroatoms. The van der Waals surface area contributed by atoms with E-state index in [-0.39, 0.29) is 17.5 Å². The Morgan fingerprint density at radius 2 is 1.87 bits per heavy atom. The summed E-state index contributed by atoms with van der Waals surface area (Å²) in [5.74, 6) is -1.62. The van der Waals surface area contributed by atoms with E-state index in [0.29, 0.717) is 17.9 Å². The van der Waals surface area contributed by atoms with Gasteiger partial charge in [0, 0.05) is 24.5 Å². The fourth-order valence-electron chi connectivity index (χ4n) is 2.84. The lowest BCUT2D eigenvalue weighted by Gasteiger charge is -2.22. The molecule has 6 N–H and O–H groups in total. The smallest absolute Gasteiger partial charge is 0.250 e. The maximum Gasteiger partial charge on any atom is 0.250 e. The first-order chi connectivity index (χ1) is 14.8. The molecule has 3 aromatic rings. The van der Waals surface area contributed by atoms with Crippen molar-refractivity contribution in [2.24, 2.45) is 5.73 Å². The lowest BCUT2D eigenvalue weighted by molar-refractivity contribution is 0.479. The molecule has 0 radical (unpaired) electrons. The summed E-state index contributed by atoms with van der Waals surface area (Å²) < 4.78 is 26.6. The standard InChI is InChI=1S/C22H21F2N7/c1-3-31(19-9-8-18(23)20(24)30-19)13(2)28-11-14-4-6-15(7-5-14)16-10-17(21(25)26)22(27)29-12-16/h3-10,12,28H,1-2,11H2,(H3,25,26)(H2,27,29). The van der Waals surface area contributed by atoms with Crippen LogP contribution < -0.4 is 21.7 Å². The van der Waals surface area contributed by atoms with Gasteiger partial charge in [0.1, 0.15) is 23.3 Å². The second-order valence-corrected chi connectivity index (χ2v) is 6.56. The number of nitrogens with one attached hydrogen (secondary N) is 2. The van der Waals surface area contributed by atoms with Crippen molar-refractivity contribution >= 4 is 17.5 Å². The van der Waals surface area contributed by atoms with Gasteiger partial charge in [-0.15, -0.1) is 0 Å². The minimum atomic E-state index is -1.20. The lowest BCUT2D eigenvalue weighted by Crippen LogP contribution is -2.27. The van der Waals surface area contributed by atoms with Crippen molar-refractivity contribution < 1.29 is 8.78 Å². The van der Waals surface area contributed by atoms with E-state index in [1.165, 1.54) is 17.2 Å². The minimum Gasteiger partial charge on any atom is -0.384 e. The Balaban J connectivity index is 1.69. The van der Waals surface area contributed by atoms with Gasteiger partial charge in [0.2, 0.25) is 0 Å². The Kier molecular flexibility index (Phi) is 6.25. The van der Waals surface area contributed by atoms with Crippen LogP contribution in [0.4, 0.5) is 20.4 Å². The molecule has 0 saturated heterocycles. The normalized spacial score (nSPS) is 10.4. The van der Waals surface area contributed by atoms with E-state index in [9.17, 15) is 8.78 Å². The van der Waals surface area contributed by atoms with E-state index < -0.39 is 11.8 Å². The highest BCUT2D eigenvalue weighted by atomic mass is 19.2. The van der Waals surface area contributed by atoms with Crippen molar-refractivity contribution in [3.8, 4) is 11.1 Å². The van der Waals surface area contributed by atoms with Gasteiger partial charge in [-0.1, -0.05) is 37.4 Å². The van der Waals surface area contributed by atoms with Crippen molar-refractivity contribution in [3.63, 3.8) is 0 Å². The monoisotopic (exact) mass is 421 g/mol. The Hall–Kier alpha value is -4.27. The summed E-state index contributed by atoms with van der Waals surface area (Å²) in [5, 5.41) is 10.7. The number of nitrogens with two attached hydrogens (primary N) is 2. The first kappa shape index (κ1) is 21.4. The maximum absolute atomic E-state index is 13.4. The average Bonchev–Trinajstić information content (AvgIpc) is 2.76. The number of pyridine rings is 2. The van der Waals surface area contributed by atoms with Gasteiger partial charge in [-0.3, -0.25) is 10.3 Å². The molecule has 0 spiro atoms. The first-order valence-corrected chi connectivity index (χ1v) is 9.16. The molecular weight excluding hydrogens is 400 g/mol. The van der Waals surface area contributed by atoms with Gasteiger partial charge in [0.25, 0.3) is 5.95 Å². The zero-order valence-corrected chi connectivity index (χ0v) is 16.6. The third-order valence-corrected chi connectivity index (χ3v) is 4.50. The second-order valence-electron chi connectivity index (χ2n) is 6.56. The summed E-state index contributed by atoms with van der Waals surface area (Å²) in [6.07, 6.45) is 3.02.